The molecule has 1 heterocycles. The fourth-order valence-electron chi connectivity index (χ4n) is 1.16. The van der Waals surface area contributed by atoms with Crippen LogP contribution in [0.4, 0.5) is 0 Å². The average Bonchev–Trinajstić information content (AvgIpc) is 2.70. The van der Waals surface area contributed by atoms with Gasteiger partial charge in [-0.1, -0.05) is 11.6 Å². The number of hydrogen-bond donors (Lipinski definition) is 2. The van der Waals surface area contributed by atoms with E-state index in [1.54, 1.807) is 12.1 Å². The standard InChI is InChI=1S/C10H12ClNO4S/c1-16-6(4-9(13)14)5-12-10(15)7-2-3-8(11)17-7/h2-3,6H,4-5H2,1H3,(H,12,15)(H,13,14). The van der Waals surface area contributed by atoms with E-state index in [1.807, 2.05) is 0 Å². The number of carbonyl (C=O) groups excluding carboxylic acids is 1. The smallest absolute Gasteiger partial charge is 0.306 e. The van der Waals surface area contributed by atoms with Gasteiger partial charge in [0.2, 0.25) is 0 Å². The molecule has 0 radical (unpaired) electrons. The molecule has 2 N–H and O–H groups in total. The number of aliphatic carboxylic acids is 1. The number of methoxy groups -OCH3 is 1. The van der Waals surface area contributed by atoms with Gasteiger partial charge in [0, 0.05) is 13.7 Å². The topological polar surface area (TPSA) is 75.6 Å². The molecule has 1 aromatic rings. The maximum Gasteiger partial charge on any atom is 0.306 e. The van der Waals surface area contributed by atoms with E-state index in [1.165, 1.54) is 18.4 Å². The Kier molecular flexibility index (Phi) is 5.40. The lowest BCUT2D eigenvalue weighted by atomic mass is 10.2. The van der Waals surface area contributed by atoms with Gasteiger partial charge in [0.05, 0.1) is 21.7 Å². The highest BCUT2D eigenvalue weighted by atomic mass is 35.5. The van der Waals surface area contributed by atoms with Gasteiger partial charge in [-0.2, -0.15) is 0 Å². The predicted octanol–water partition coefficient (Wildman–Crippen LogP) is 1.62. The van der Waals surface area contributed by atoms with Gasteiger partial charge in [-0.25, -0.2) is 0 Å². The van der Waals surface area contributed by atoms with E-state index < -0.39 is 12.1 Å². The zero-order valence-corrected chi connectivity index (χ0v) is 10.7. The second-order valence-corrected chi connectivity index (χ2v) is 4.98. The number of hydrogen-bond acceptors (Lipinski definition) is 4. The molecule has 0 aliphatic heterocycles. The van der Waals surface area contributed by atoms with Gasteiger partial charge in [-0.3, -0.25) is 9.59 Å². The van der Waals surface area contributed by atoms with Gasteiger partial charge in [0.1, 0.15) is 0 Å². The maximum atomic E-state index is 11.6. The van der Waals surface area contributed by atoms with Gasteiger partial charge >= 0.3 is 5.97 Å². The molecule has 0 aromatic carbocycles. The molecule has 0 bridgehead atoms. The zero-order chi connectivity index (χ0) is 12.8. The lowest BCUT2D eigenvalue weighted by molar-refractivity contribution is -0.139. The van der Waals surface area contributed by atoms with Crippen molar-refractivity contribution in [2.45, 2.75) is 12.5 Å². The van der Waals surface area contributed by atoms with E-state index in [4.69, 9.17) is 21.4 Å². The fraction of sp³-hybridized carbons (Fsp3) is 0.400. The Hall–Kier alpha value is -1.11. The summed E-state index contributed by atoms with van der Waals surface area (Å²) < 4.78 is 5.47. The molecule has 0 aliphatic rings. The molecule has 0 spiro atoms. The van der Waals surface area contributed by atoms with Crippen LogP contribution in [0.5, 0.6) is 0 Å². The van der Waals surface area contributed by atoms with Gasteiger partial charge in [-0.05, 0) is 12.1 Å². The second-order valence-electron chi connectivity index (χ2n) is 3.27. The second kappa shape index (κ2) is 6.58. The van der Waals surface area contributed by atoms with Crippen LogP contribution < -0.4 is 5.32 Å². The number of rotatable bonds is 6. The maximum absolute atomic E-state index is 11.6. The van der Waals surface area contributed by atoms with Crippen molar-refractivity contribution < 1.29 is 19.4 Å². The third-order valence-electron chi connectivity index (χ3n) is 2.02. The molecular weight excluding hydrogens is 266 g/mol. The molecule has 0 aliphatic carbocycles. The van der Waals surface area contributed by atoms with Crippen LogP contribution in [0, 0.1) is 0 Å². The first-order valence-corrected chi connectivity index (χ1v) is 6.00. The van der Waals surface area contributed by atoms with Crippen LogP contribution >= 0.6 is 22.9 Å². The summed E-state index contributed by atoms with van der Waals surface area (Å²) in [5.41, 5.74) is 0. The number of ether oxygens (including phenoxy) is 1. The Labute approximate surface area is 107 Å². The molecule has 1 atom stereocenters. The summed E-state index contributed by atoms with van der Waals surface area (Å²) in [5, 5.41) is 11.2. The van der Waals surface area contributed by atoms with Crippen LogP contribution in [0.3, 0.4) is 0 Å². The molecule has 0 fully saturated rings. The Morgan fingerprint density at radius 2 is 2.29 bits per heavy atom. The number of carboxylic acid groups (broad SMARTS) is 1. The van der Waals surface area contributed by atoms with Crippen molar-refractivity contribution in [2.75, 3.05) is 13.7 Å². The molecular formula is C10H12ClNO4S. The van der Waals surface area contributed by atoms with E-state index in [-0.39, 0.29) is 18.9 Å². The summed E-state index contributed by atoms with van der Waals surface area (Å²) in [5.74, 6) is -1.25. The zero-order valence-electron chi connectivity index (χ0n) is 9.10. The van der Waals surface area contributed by atoms with Gasteiger partial charge in [0.25, 0.3) is 5.91 Å². The molecule has 1 aromatic heterocycles. The van der Waals surface area contributed by atoms with Crippen LogP contribution in [-0.4, -0.2) is 36.7 Å². The van der Waals surface area contributed by atoms with Crippen molar-refractivity contribution in [3.63, 3.8) is 0 Å². The normalized spacial score (nSPS) is 12.1. The largest absolute Gasteiger partial charge is 0.481 e. The minimum absolute atomic E-state index is 0.150. The van der Waals surface area contributed by atoms with E-state index in [0.717, 1.165) is 0 Å². The third kappa shape index (κ3) is 4.72. The Morgan fingerprint density at radius 3 is 2.76 bits per heavy atom. The van der Waals surface area contributed by atoms with Crippen LogP contribution in [0.1, 0.15) is 16.1 Å². The molecule has 7 heteroatoms. The third-order valence-corrected chi connectivity index (χ3v) is 3.25. The van der Waals surface area contributed by atoms with E-state index >= 15 is 0 Å². The van der Waals surface area contributed by atoms with Crippen LogP contribution in [0.15, 0.2) is 12.1 Å². The van der Waals surface area contributed by atoms with Crippen LogP contribution in [0.2, 0.25) is 4.34 Å². The Morgan fingerprint density at radius 1 is 1.59 bits per heavy atom. The van der Waals surface area contributed by atoms with Gasteiger partial charge in [-0.15, -0.1) is 11.3 Å². The summed E-state index contributed by atoms with van der Waals surface area (Å²) in [6.45, 7) is 0.150. The van der Waals surface area contributed by atoms with Crippen molar-refractivity contribution in [3.8, 4) is 0 Å². The molecule has 5 nitrogen and oxygen atoms in total. The number of halogens is 1. The van der Waals surface area contributed by atoms with Gasteiger partial charge < -0.3 is 15.2 Å². The van der Waals surface area contributed by atoms with Gasteiger partial charge in [0.15, 0.2) is 0 Å². The Bertz CT molecular complexity index is 407. The van der Waals surface area contributed by atoms with Crippen molar-refractivity contribution in [1.29, 1.82) is 0 Å². The first-order chi connectivity index (χ1) is 8.02. The number of thiophene rings is 1. The average molecular weight is 278 g/mol. The van der Waals surface area contributed by atoms with Crippen molar-refractivity contribution in [3.05, 3.63) is 21.3 Å². The molecule has 0 saturated heterocycles. The monoisotopic (exact) mass is 277 g/mol. The molecule has 1 amide bonds. The highest BCUT2D eigenvalue weighted by Gasteiger charge is 2.15. The molecule has 0 saturated carbocycles. The molecule has 94 valence electrons. The van der Waals surface area contributed by atoms with Crippen molar-refractivity contribution in [2.24, 2.45) is 0 Å². The van der Waals surface area contributed by atoms with E-state index in [9.17, 15) is 9.59 Å². The lowest BCUT2D eigenvalue weighted by Crippen LogP contribution is -2.34. The predicted molar refractivity (Wildman–Crippen MR) is 64.7 cm³/mol. The molecule has 1 unspecified atom stereocenters. The summed E-state index contributed by atoms with van der Waals surface area (Å²) in [6.07, 6.45) is -0.686. The number of carboxylic acids is 1. The number of amides is 1. The minimum atomic E-state index is -0.967. The SMILES string of the molecule is COC(CNC(=O)c1ccc(Cl)s1)CC(=O)O. The molecule has 17 heavy (non-hydrogen) atoms. The van der Waals surface area contributed by atoms with Crippen molar-refractivity contribution >= 4 is 34.8 Å². The van der Waals surface area contributed by atoms with E-state index in [2.05, 4.69) is 5.32 Å². The summed E-state index contributed by atoms with van der Waals surface area (Å²) in [6, 6.07) is 3.24. The van der Waals surface area contributed by atoms with Crippen molar-refractivity contribution in [1.82, 2.24) is 5.32 Å². The van der Waals surface area contributed by atoms with E-state index in [0.29, 0.717) is 9.21 Å². The highest BCUT2D eigenvalue weighted by molar-refractivity contribution is 7.17. The quantitative estimate of drug-likeness (QED) is 0.828. The minimum Gasteiger partial charge on any atom is -0.481 e. The number of nitrogens with one attached hydrogen (secondary N) is 1. The first kappa shape index (κ1) is 14.0. The Balaban J connectivity index is 2.44. The first-order valence-electron chi connectivity index (χ1n) is 4.81. The molecule has 1 rings (SSSR count). The lowest BCUT2D eigenvalue weighted by Gasteiger charge is -2.13. The van der Waals surface area contributed by atoms with Crippen LogP contribution in [-0.2, 0) is 9.53 Å². The summed E-state index contributed by atoms with van der Waals surface area (Å²) in [7, 11) is 1.40. The van der Waals surface area contributed by atoms with Crippen LogP contribution in [0.25, 0.3) is 0 Å². The summed E-state index contributed by atoms with van der Waals surface area (Å²) >= 11 is 6.86. The highest BCUT2D eigenvalue weighted by Crippen LogP contribution is 2.21. The fourth-order valence-corrected chi connectivity index (χ4v) is 2.12. The summed E-state index contributed by atoms with van der Waals surface area (Å²) in [4.78, 5) is 22.6. The number of carbonyl (C=O) groups is 2.